The van der Waals surface area contributed by atoms with Crippen molar-refractivity contribution in [1.82, 2.24) is 10.2 Å². The first-order chi connectivity index (χ1) is 17.3. The van der Waals surface area contributed by atoms with E-state index in [9.17, 15) is 9.59 Å². The van der Waals surface area contributed by atoms with Gasteiger partial charge in [0, 0.05) is 11.3 Å². The van der Waals surface area contributed by atoms with E-state index in [4.69, 9.17) is 14.2 Å². The zero-order valence-electron chi connectivity index (χ0n) is 21.0. The van der Waals surface area contributed by atoms with Crippen LogP contribution in [0.2, 0.25) is 0 Å². The van der Waals surface area contributed by atoms with Crippen LogP contribution in [-0.2, 0) is 4.79 Å². The topological polar surface area (TPSA) is 112 Å². The fourth-order valence-electron chi connectivity index (χ4n) is 3.38. The van der Waals surface area contributed by atoms with Gasteiger partial charge < -0.3 is 19.5 Å². The van der Waals surface area contributed by atoms with E-state index in [0.29, 0.717) is 52.1 Å². The van der Waals surface area contributed by atoms with Gasteiger partial charge in [0.05, 0.1) is 25.6 Å². The van der Waals surface area contributed by atoms with Crippen molar-refractivity contribution >= 4 is 45.7 Å². The number of benzene rings is 2. The largest absolute Gasteiger partial charge is 0.490 e. The number of amides is 2. The second-order valence-corrected chi connectivity index (χ2v) is 9.84. The maximum atomic E-state index is 12.9. The number of hydrogen-bond acceptors (Lipinski definition) is 9. The van der Waals surface area contributed by atoms with Crippen LogP contribution in [0.3, 0.4) is 0 Å². The van der Waals surface area contributed by atoms with Gasteiger partial charge in [-0.3, -0.25) is 14.9 Å². The van der Waals surface area contributed by atoms with Crippen LogP contribution in [-0.4, -0.2) is 47.6 Å². The van der Waals surface area contributed by atoms with Crippen LogP contribution in [0.5, 0.6) is 17.2 Å². The van der Waals surface area contributed by atoms with Crippen molar-refractivity contribution in [3.8, 4) is 17.2 Å². The molecule has 2 aromatic carbocycles. The number of carbonyl (C=O) groups is 2. The first kappa shape index (κ1) is 27.3. The van der Waals surface area contributed by atoms with Crippen molar-refractivity contribution in [3.05, 3.63) is 47.0 Å². The van der Waals surface area contributed by atoms with Crippen LogP contribution >= 0.6 is 23.1 Å². The molecule has 0 aliphatic rings. The summed E-state index contributed by atoms with van der Waals surface area (Å²) >= 11 is 2.44. The number of rotatable bonds is 12. The molecule has 192 valence electrons. The fourth-order valence-corrected chi connectivity index (χ4v) is 4.93. The van der Waals surface area contributed by atoms with Gasteiger partial charge in [-0.1, -0.05) is 29.2 Å². The molecule has 2 N–H and O–H groups in total. The molecule has 0 bridgehead atoms. The monoisotopic (exact) mass is 530 g/mol. The number of ether oxygens (including phenoxy) is 3. The predicted octanol–water partition coefficient (Wildman–Crippen LogP) is 5.33. The predicted molar refractivity (Wildman–Crippen MR) is 143 cm³/mol. The Bertz CT molecular complexity index is 1170. The normalized spacial score (nSPS) is 10.6. The highest BCUT2D eigenvalue weighted by molar-refractivity contribution is 8.01. The average molecular weight is 531 g/mol. The summed E-state index contributed by atoms with van der Waals surface area (Å²) in [7, 11) is 0. The summed E-state index contributed by atoms with van der Waals surface area (Å²) in [5.41, 5.74) is 3.26. The Labute approximate surface area is 218 Å². The van der Waals surface area contributed by atoms with Gasteiger partial charge in [-0.05, 0) is 70.0 Å². The number of nitrogens with zero attached hydrogens (tertiary/aromatic N) is 2. The Morgan fingerprint density at radius 3 is 2.06 bits per heavy atom. The lowest BCUT2D eigenvalue weighted by atomic mass is 10.1. The molecule has 0 saturated carbocycles. The standard InChI is InChI=1S/C25H30N4O5S2/c1-6-32-19-12-17(13-20(33-7-2)22(19)34-8-3)23(31)27-24-28-29-25(36-24)35-14-21(30)26-18-10-15(4)9-16(5)11-18/h9-13H,6-8,14H2,1-5H3,(H,26,30)(H,27,28,31). The average Bonchev–Trinajstić information content (AvgIpc) is 3.26. The Morgan fingerprint density at radius 2 is 1.47 bits per heavy atom. The third-order valence-electron chi connectivity index (χ3n) is 4.63. The lowest BCUT2D eigenvalue weighted by Gasteiger charge is -2.16. The fraction of sp³-hybridized carbons (Fsp3) is 0.360. The lowest BCUT2D eigenvalue weighted by molar-refractivity contribution is -0.113. The van der Waals surface area contributed by atoms with Crippen LogP contribution in [0.4, 0.5) is 10.8 Å². The molecule has 36 heavy (non-hydrogen) atoms. The number of aryl methyl sites for hydroxylation is 2. The smallest absolute Gasteiger partial charge is 0.257 e. The molecule has 1 heterocycles. The van der Waals surface area contributed by atoms with Crippen molar-refractivity contribution in [3.63, 3.8) is 0 Å². The highest BCUT2D eigenvalue weighted by Crippen LogP contribution is 2.39. The van der Waals surface area contributed by atoms with Gasteiger partial charge in [0.25, 0.3) is 5.91 Å². The minimum atomic E-state index is -0.389. The molecular formula is C25H30N4O5S2. The quantitative estimate of drug-likeness (QED) is 0.239. The molecule has 0 radical (unpaired) electrons. The third kappa shape index (κ3) is 7.59. The van der Waals surface area contributed by atoms with E-state index < -0.39 is 0 Å². The Morgan fingerprint density at radius 1 is 0.861 bits per heavy atom. The molecule has 0 unspecified atom stereocenters. The minimum Gasteiger partial charge on any atom is -0.490 e. The summed E-state index contributed by atoms with van der Waals surface area (Å²) in [6.07, 6.45) is 0. The van der Waals surface area contributed by atoms with E-state index in [1.807, 2.05) is 52.8 Å². The number of thioether (sulfide) groups is 1. The summed E-state index contributed by atoms with van der Waals surface area (Å²) < 4.78 is 17.6. The second kappa shape index (κ2) is 13.1. The Hall–Kier alpha value is -3.31. The summed E-state index contributed by atoms with van der Waals surface area (Å²) in [4.78, 5) is 25.3. The summed E-state index contributed by atoms with van der Waals surface area (Å²) in [6.45, 7) is 10.8. The SMILES string of the molecule is CCOc1cc(C(=O)Nc2nnc(SCC(=O)Nc3cc(C)cc(C)c3)s2)cc(OCC)c1OCC. The Kier molecular flexibility index (Phi) is 9.95. The van der Waals surface area contributed by atoms with E-state index in [-0.39, 0.29) is 17.6 Å². The number of carbonyl (C=O) groups excluding carboxylic acids is 2. The molecule has 0 aliphatic heterocycles. The molecule has 3 aromatic rings. The van der Waals surface area contributed by atoms with Crippen LogP contribution in [0.1, 0.15) is 42.3 Å². The molecule has 0 atom stereocenters. The Balaban J connectivity index is 1.64. The van der Waals surface area contributed by atoms with Gasteiger partial charge in [0.15, 0.2) is 15.8 Å². The number of hydrogen-bond donors (Lipinski definition) is 2. The minimum absolute atomic E-state index is 0.146. The van der Waals surface area contributed by atoms with Crippen molar-refractivity contribution in [1.29, 1.82) is 0 Å². The first-order valence-corrected chi connectivity index (χ1v) is 13.3. The maximum absolute atomic E-state index is 12.9. The molecule has 9 nitrogen and oxygen atoms in total. The van der Waals surface area contributed by atoms with E-state index in [1.54, 1.807) is 12.1 Å². The van der Waals surface area contributed by atoms with E-state index >= 15 is 0 Å². The van der Waals surface area contributed by atoms with E-state index in [1.165, 1.54) is 23.1 Å². The van der Waals surface area contributed by atoms with Gasteiger partial charge in [-0.25, -0.2) is 0 Å². The van der Waals surface area contributed by atoms with Crippen LogP contribution in [0.15, 0.2) is 34.7 Å². The molecular weight excluding hydrogens is 500 g/mol. The summed E-state index contributed by atoms with van der Waals surface area (Å²) in [5.74, 6) is 0.959. The second-order valence-electron chi connectivity index (χ2n) is 7.64. The van der Waals surface area contributed by atoms with Crippen molar-refractivity contribution < 1.29 is 23.8 Å². The zero-order valence-corrected chi connectivity index (χ0v) is 22.6. The molecule has 0 saturated heterocycles. The van der Waals surface area contributed by atoms with E-state index in [0.717, 1.165) is 16.8 Å². The molecule has 0 spiro atoms. The zero-order chi connectivity index (χ0) is 26.1. The van der Waals surface area contributed by atoms with Gasteiger partial charge in [-0.15, -0.1) is 10.2 Å². The van der Waals surface area contributed by atoms with Crippen LogP contribution < -0.4 is 24.8 Å². The molecule has 0 fully saturated rings. The van der Waals surface area contributed by atoms with Gasteiger partial charge in [0.2, 0.25) is 16.8 Å². The molecule has 11 heteroatoms. The number of anilines is 2. The highest BCUT2D eigenvalue weighted by Gasteiger charge is 2.19. The maximum Gasteiger partial charge on any atom is 0.257 e. The van der Waals surface area contributed by atoms with Crippen LogP contribution in [0, 0.1) is 13.8 Å². The van der Waals surface area contributed by atoms with Crippen molar-refractivity contribution in [2.24, 2.45) is 0 Å². The molecule has 2 amide bonds. The van der Waals surface area contributed by atoms with Gasteiger partial charge in [0.1, 0.15) is 0 Å². The molecule has 1 aromatic heterocycles. The van der Waals surface area contributed by atoms with Crippen LogP contribution in [0.25, 0.3) is 0 Å². The molecule has 3 rings (SSSR count). The van der Waals surface area contributed by atoms with Gasteiger partial charge >= 0.3 is 0 Å². The highest BCUT2D eigenvalue weighted by atomic mass is 32.2. The number of nitrogens with one attached hydrogen (secondary N) is 2. The summed E-state index contributed by atoms with van der Waals surface area (Å²) in [6, 6.07) is 9.11. The van der Waals surface area contributed by atoms with Crippen molar-refractivity contribution in [2.75, 3.05) is 36.2 Å². The first-order valence-electron chi connectivity index (χ1n) is 11.5. The lowest BCUT2D eigenvalue weighted by Crippen LogP contribution is -2.14. The molecule has 0 aliphatic carbocycles. The van der Waals surface area contributed by atoms with Crippen molar-refractivity contribution in [2.45, 2.75) is 39.0 Å². The number of aromatic nitrogens is 2. The van der Waals surface area contributed by atoms with Gasteiger partial charge in [-0.2, -0.15) is 0 Å². The van der Waals surface area contributed by atoms with E-state index in [2.05, 4.69) is 20.8 Å². The summed E-state index contributed by atoms with van der Waals surface area (Å²) in [5, 5.41) is 14.1. The third-order valence-corrected chi connectivity index (χ3v) is 6.60.